The molecule has 1 fully saturated rings. The highest BCUT2D eigenvalue weighted by Gasteiger charge is 2.17. The third-order valence-corrected chi connectivity index (χ3v) is 3.08. The summed E-state index contributed by atoms with van der Waals surface area (Å²) in [4.78, 5) is 12.5. The molecule has 100 valence electrons. The van der Waals surface area contributed by atoms with Gasteiger partial charge in [-0.15, -0.1) is 0 Å². The maximum Gasteiger partial charge on any atom is 0.269 e. The molecular formula is C14H22N2O2. The van der Waals surface area contributed by atoms with Gasteiger partial charge >= 0.3 is 0 Å². The summed E-state index contributed by atoms with van der Waals surface area (Å²) in [6.07, 6.45) is 2.49. The molecule has 1 aliphatic rings. The average Bonchev–Trinajstić information content (AvgIpc) is 2.41. The molecule has 0 aromatic heterocycles. The van der Waals surface area contributed by atoms with Gasteiger partial charge in [-0.05, 0) is 30.9 Å². The average molecular weight is 250 g/mol. The molecule has 1 heterocycles. The van der Waals surface area contributed by atoms with E-state index in [1.54, 1.807) is 12.1 Å². The molecule has 0 bridgehead atoms. The molecule has 1 atom stereocenters. The van der Waals surface area contributed by atoms with E-state index in [2.05, 4.69) is 11.8 Å². The van der Waals surface area contributed by atoms with Gasteiger partial charge in [-0.3, -0.25) is 10.1 Å². The molecule has 1 aromatic rings. The number of hydrogen-bond acceptors (Lipinski definition) is 3. The molecule has 1 saturated heterocycles. The van der Waals surface area contributed by atoms with Crippen LogP contribution in [0.25, 0.3) is 0 Å². The van der Waals surface area contributed by atoms with Gasteiger partial charge in [0.15, 0.2) is 0 Å². The fraction of sp³-hybridized carbons (Fsp3) is 0.571. The number of benzene rings is 1. The van der Waals surface area contributed by atoms with Gasteiger partial charge in [-0.25, -0.2) is 0 Å². The van der Waals surface area contributed by atoms with Crippen molar-refractivity contribution in [3.63, 3.8) is 0 Å². The maximum absolute atomic E-state index is 10.5. The Kier molecular flexibility index (Phi) is 5.62. The third-order valence-electron chi connectivity index (χ3n) is 3.08. The molecule has 0 amide bonds. The molecule has 1 aliphatic heterocycles. The lowest BCUT2D eigenvalue weighted by molar-refractivity contribution is -0.384. The Bertz CT molecular complexity index is 376. The maximum atomic E-state index is 10.5. The zero-order valence-electron chi connectivity index (χ0n) is 11.4. The first-order valence-corrected chi connectivity index (χ1v) is 6.66. The summed E-state index contributed by atoms with van der Waals surface area (Å²) in [6, 6.07) is 6.84. The van der Waals surface area contributed by atoms with Crippen LogP contribution in [0.1, 0.15) is 33.6 Å². The number of rotatable bonds is 2. The summed E-state index contributed by atoms with van der Waals surface area (Å²) in [5, 5.41) is 10.5. The van der Waals surface area contributed by atoms with E-state index in [0.717, 1.165) is 18.8 Å². The Labute approximate surface area is 109 Å². The molecule has 1 unspecified atom stereocenters. The molecule has 0 N–H and O–H groups in total. The molecule has 4 heteroatoms. The summed E-state index contributed by atoms with van der Waals surface area (Å²) in [5.41, 5.74) is 1.26. The van der Waals surface area contributed by atoms with Crippen LogP contribution in [0.15, 0.2) is 24.3 Å². The smallest absolute Gasteiger partial charge is 0.269 e. The van der Waals surface area contributed by atoms with Crippen LogP contribution in [-0.4, -0.2) is 18.0 Å². The van der Waals surface area contributed by atoms with Crippen molar-refractivity contribution in [1.82, 2.24) is 0 Å². The standard InChI is InChI=1S/C12H16N2O2.C2H6/c1-10-3-2-8-13(9-10)11-4-6-12(7-5-11)14(15)16;1-2/h4-7,10H,2-3,8-9H2,1H3;1-2H3. The van der Waals surface area contributed by atoms with Crippen LogP contribution in [-0.2, 0) is 0 Å². The minimum Gasteiger partial charge on any atom is -0.371 e. The highest BCUT2D eigenvalue weighted by molar-refractivity contribution is 5.51. The fourth-order valence-corrected chi connectivity index (χ4v) is 2.21. The number of nitro groups is 1. The molecule has 4 nitrogen and oxygen atoms in total. The zero-order valence-corrected chi connectivity index (χ0v) is 11.4. The Morgan fingerprint density at radius 3 is 2.39 bits per heavy atom. The monoisotopic (exact) mass is 250 g/mol. The van der Waals surface area contributed by atoms with Crippen molar-refractivity contribution in [1.29, 1.82) is 0 Å². The number of hydrogen-bond donors (Lipinski definition) is 0. The Balaban J connectivity index is 0.000000771. The lowest BCUT2D eigenvalue weighted by Crippen LogP contribution is -2.34. The van der Waals surface area contributed by atoms with Crippen molar-refractivity contribution in [3.05, 3.63) is 34.4 Å². The summed E-state index contributed by atoms with van der Waals surface area (Å²) in [6.45, 7) is 8.36. The van der Waals surface area contributed by atoms with E-state index < -0.39 is 0 Å². The van der Waals surface area contributed by atoms with E-state index in [1.165, 1.54) is 12.8 Å². The molecule has 0 radical (unpaired) electrons. The normalized spacial score (nSPS) is 18.8. The van der Waals surface area contributed by atoms with E-state index in [4.69, 9.17) is 0 Å². The van der Waals surface area contributed by atoms with E-state index in [0.29, 0.717) is 5.92 Å². The van der Waals surface area contributed by atoms with Crippen molar-refractivity contribution in [2.24, 2.45) is 5.92 Å². The number of piperidine rings is 1. The molecular weight excluding hydrogens is 228 g/mol. The first kappa shape index (κ1) is 14.5. The van der Waals surface area contributed by atoms with Gasteiger partial charge in [-0.2, -0.15) is 0 Å². The number of nitrogens with zero attached hydrogens (tertiary/aromatic N) is 2. The first-order chi connectivity index (χ1) is 8.66. The third kappa shape index (κ3) is 3.72. The summed E-state index contributed by atoms with van der Waals surface area (Å²) >= 11 is 0. The lowest BCUT2D eigenvalue weighted by Gasteiger charge is -2.32. The van der Waals surface area contributed by atoms with Crippen molar-refractivity contribution in [2.75, 3.05) is 18.0 Å². The highest BCUT2D eigenvalue weighted by Crippen LogP contribution is 2.24. The predicted octanol–water partition coefficient (Wildman–Crippen LogP) is 3.86. The van der Waals surface area contributed by atoms with Crippen molar-refractivity contribution in [3.8, 4) is 0 Å². The first-order valence-electron chi connectivity index (χ1n) is 6.66. The van der Waals surface area contributed by atoms with Gasteiger partial charge in [-0.1, -0.05) is 20.8 Å². The van der Waals surface area contributed by atoms with Crippen LogP contribution < -0.4 is 4.90 Å². The van der Waals surface area contributed by atoms with Crippen LogP contribution in [0.5, 0.6) is 0 Å². The van der Waals surface area contributed by atoms with Gasteiger partial charge in [0, 0.05) is 30.9 Å². The van der Waals surface area contributed by atoms with Crippen molar-refractivity contribution >= 4 is 11.4 Å². The quantitative estimate of drug-likeness (QED) is 0.591. The molecule has 1 aromatic carbocycles. The second-order valence-corrected chi connectivity index (χ2v) is 4.47. The Morgan fingerprint density at radius 1 is 1.28 bits per heavy atom. The Morgan fingerprint density at radius 2 is 1.89 bits per heavy atom. The zero-order chi connectivity index (χ0) is 13.5. The molecule has 2 rings (SSSR count). The minimum absolute atomic E-state index is 0.161. The van der Waals surface area contributed by atoms with Gasteiger partial charge in [0.25, 0.3) is 5.69 Å². The summed E-state index contributed by atoms with van der Waals surface area (Å²) in [5.74, 6) is 0.712. The minimum atomic E-state index is -0.359. The van der Waals surface area contributed by atoms with E-state index in [9.17, 15) is 10.1 Å². The SMILES string of the molecule is CC.CC1CCCN(c2ccc([N+](=O)[O-])cc2)C1. The Hall–Kier alpha value is -1.58. The summed E-state index contributed by atoms with van der Waals surface area (Å²) in [7, 11) is 0. The molecule has 0 saturated carbocycles. The molecule has 18 heavy (non-hydrogen) atoms. The van der Waals surface area contributed by atoms with Gasteiger partial charge in [0.05, 0.1) is 4.92 Å². The van der Waals surface area contributed by atoms with Crippen molar-refractivity contribution in [2.45, 2.75) is 33.6 Å². The molecule has 0 spiro atoms. The van der Waals surface area contributed by atoms with E-state index >= 15 is 0 Å². The van der Waals surface area contributed by atoms with Crippen LogP contribution in [0.2, 0.25) is 0 Å². The van der Waals surface area contributed by atoms with Crippen LogP contribution >= 0.6 is 0 Å². The number of non-ortho nitro benzene ring substituents is 1. The van der Waals surface area contributed by atoms with Crippen LogP contribution in [0.3, 0.4) is 0 Å². The summed E-state index contributed by atoms with van der Waals surface area (Å²) < 4.78 is 0. The number of anilines is 1. The van der Waals surface area contributed by atoms with Crippen LogP contribution in [0.4, 0.5) is 11.4 Å². The largest absolute Gasteiger partial charge is 0.371 e. The lowest BCUT2D eigenvalue weighted by atomic mass is 10.00. The van der Waals surface area contributed by atoms with Gasteiger partial charge in [0.2, 0.25) is 0 Å². The van der Waals surface area contributed by atoms with Gasteiger partial charge < -0.3 is 4.90 Å². The number of nitro benzene ring substituents is 1. The molecule has 0 aliphatic carbocycles. The predicted molar refractivity (Wildman–Crippen MR) is 75.1 cm³/mol. The van der Waals surface area contributed by atoms with E-state index in [-0.39, 0.29) is 10.6 Å². The fourth-order valence-electron chi connectivity index (χ4n) is 2.21. The van der Waals surface area contributed by atoms with Crippen LogP contribution in [0, 0.1) is 16.0 Å². The highest BCUT2D eigenvalue weighted by atomic mass is 16.6. The topological polar surface area (TPSA) is 46.4 Å². The van der Waals surface area contributed by atoms with E-state index in [1.807, 2.05) is 26.0 Å². The second-order valence-electron chi connectivity index (χ2n) is 4.47. The van der Waals surface area contributed by atoms with Crippen molar-refractivity contribution < 1.29 is 4.92 Å². The van der Waals surface area contributed by atoms with Gasteiger partial charge in [0.1, 0.15) is 0 Å². The second kappa shape index (κ2) is 6.99.